The molecule has 204 valence electrons. The summed E-state index contributed by atoms with van der Waals surface area (Å²) in [5.41, 5.74) is 1.88. The zero-order valence-electron chi connectivity index (χ0n) is 20.8. The molecule has 1 fully saturated rings. The normalized spacial score (nSPS) is 18.9. The lowest BCUT2D eigenvalue weighted by Crippen LogP contribution is -2.32. The Labute approximate surface area is 225 Å². The number of alkyl halides is 3. The summed E-state index contributed by atoms with van der Waals surface area (Å²) in [6, 6.07) is 17.3. The first-order chi connectivity index (χ1) is 19.3. The number of benzene rings is 2. The van der Waals surface area contributed by atoms with Crippen LogP contribution in [0.3, 0.4) is 0 Å². The van der Waals surface area contributed by atoms with Gasteiger partial charge < -0.3 is 25.1 Å². The summed E-state index contributed by atoms with van der Waals surface area (Å²) < 4.78 is 51.2. The van der Waals surface area contributed by atoms with Crippen molar-refractivity contribution in [3.8, 4) is 11.6 Å². The number of nitrogens with zero attached hydrogens (tertiary/aromatic N) is 4. The maximum absolute atomic E-state index is 13.4. The first kappa shape index (κ1) is 25.5. The molecular weight excluding hydrogens is 527 g/mol. The topological polar surface area (TPSA) is 127 Å². The van der Waals surface area contributed by atoms with E-state index in [4.69, 9.17) is 9.15 Å². The second-order valence-corrected chi connectivity index (χ2v) is 9.16. The van der Waals surface area contributed by atoms with Crippen LogP contribution in [0.15, 0.2) is 76.3 Å². The van der Waals surface area contributed by atoms with Gasteiger partial charge in [0.2, 0.25) is 6.17 Å². The maximum atomic E-state index is 13.4. The van der Waals surface area contributed by atoms with E-state index in [0.29, 0.717) is 37.2 Å². The molecule has 4 heterocycles. The number of nitrogens with one attached hydrogen (secondary N) is 3. The SMILES string of the molecule is O=C1Nc2ccccc2C(c2ccccc2)=N[C@@H]1Nc1nnc(-c2ncc(C(F)(F)F)cc2N[C@H]2CCOC2)o1. The molecule has 2 aromatic carbocycles. The second kappa shape index (κ2) is 10.4. The molecule has 6 rings (SSSR count). The molecule has 2 aromatic heterocycles. The van der Waals surface area contributed by atoms with Gasteiger partial charge in [-0.15, -0.1) is 5.10 Å². The number of hydrogen-bond donors (Lipinski definition) is 3. The maximum Gasteiger partial charge on any atom is 0.417 e. The third kappa shape index (κ3) is 5.23. The average molecular weight is 550 g/mol. The van der Waals surface area contributed by atoms with E-state index >= 15 is 0 Å². The largest absolute Gasteiger partial charge is 0.417 e. The molecule has 40 heavy (non-hydrogen) atoms. The lowest BCUT2D eigenvalue weighted by Gasteiger charge is -2.16. The Morgan fingerprint density at radius 1 is 1.00 bits per heavy atom. The molecule has 1 amide bonds. The van der Waals surface area contributed by atoms with Gasteiger partial charge in [0.25, 0.3) is 11.8 Å². The highest BCUT2D eigenvalue weighted by Crippen LogP contribution is 2.35. The molecule has 0 unspecified atom stereocenters. The Morgan fingerprint density at radius 3 is 2.58 bits per heavy atom. The molecule has 0 aliphatic carbocycles. The molecule has 10 nitrogen and oxygen atoms in total. The Hall–Kier alpha value is -4.78. The minimum absolute atomic E-state index is 0.0339. The molecule has 2 atom stereocenters. The van der Waals surface area contributed by atoms with Gasteiger partial charge in [-0.05, 0) is 18.6 Å². The number of hydrogen-bond acceptors (Lipinski definition) is 9. The van der Waals surface area contributed by atoms with Crippen LogP contribution in [0, 0.1) is 0 Å². The number of aromatic nitrogens is 3. The number of anilines is 3. The highest BCUT2D eigenvalue weighted by atomic mass is 19.4. The first-order valence-electron chi connectivity index (χ1n) is 12.4. The molecule has 13 heteroatoms. The third-order valence-electron chi connectivity index (χ3n) is 6.39. The lowest BCUT2D eigenvalue weighted by atomic mass is 10.0. The molecule has 0 bridgehead atoms. The van der Waals surface area contributed by atoms with Crippen molar-refractivity contribution in [3.05, 3.63) is 83.6 Å². The van der Waals surface area contributed by atoms with Crippen molar-refractivity contribution in [2.45, 2.75) is 24.8 Å². The quantitative estimate of drug-likeness (QED) is 0.319. The van der Waals surface area contributed by atoms with E-state index in [1.54, 1.807) is 12.1 Å². The highest BCUT2D eigenvalue weighted by Gasteiger charge is 2.33. The zero-order valence-corrected chi connectivity index (χ0v) is 20.8. The summed E-state index contributed by atoms with van der Waals surface area (Å²) in [6.07, 6.45) is -4.42. The van der Waals surface area contributed by atoms with Crippen molar-refractivity contribution in [1.29, 1.82) is 0 Å². The van der Waals surface area contributed by atoms with Crippen LogP contribution in [0.2, 0.25) is 0 Å². The van der Waals surface area contributed by atoms with Crippen LogP contribution >= 0.6 is 0 Å². The van der Waals surface area contributed by atoms with Crippen LogP contribution in [0.1, 0.15) is 23.1 Å². The molecular formula is C27H22F3N7O3. The van der Waals surface area contributed by atoms with Crippen molar-refractivity contribution in [2.24, 2.45) is 4.99 Å². The van der Waals surface area contributed by atoms with E-state index in [1.165, 1.54) is 0 Å². The van der Waals surface area contributed by atoms with Crippen LogP contribution in [0.5, 0.6) is 0 Å². The van der Waals surface area contributed by atoms with E-state index in [2.05, 4.69) is 36.1 Å². The van der Waals surface area contributed by atoms with Crippen molar-refractivity contribution in [3.63, 3.8) is 0 Å². The molecule has 1 saturated heterocycles. The minimum atomic E-state index is -4.59. The summed E-state index contributed by atoms with van der Waals surface area (Å²) in [5.74, 6) is -0.600. The van der Waals surface area contributed by atoms with E-state index in [-0.39, 0.29) is 29.3 Å². The van der Waals surface area contributed by atoms with E-state index in [0.717, 1.165) is 17.2 Å². The summed E-state index contributed by atoms with van der Waals surface area (Å²) in [6.45, 7) is 0.833. The van der Waals surface area contributed by atoms with Gasteiger partial charge in [0.05, 0.1) is 35.3 Å². The van der Waals surface area contributed by atoms with Crippen LogP contribution < -0.4 is 16.0 Å². The zero-order chi connectivity index (χ0) is 27.7. The van der Waals surface area contributed by atoms with Gasteiger partial charge >= 0.3 is 12.2 Å². The van der Waals surface area contributed by atoms with E-state index in [1.807, 2.05) is 42.5 Å². The summed E-state index contributed by atoms with van der Waals surface area (Å²) in [4.78, 5) is 21.7. The number of ether oxygens (including phenoxy) is 1. The molecule has 4 aromatic rings. The highest BCUT2D eigenvalue weighted by molar-refractivity contribution is 6.19. The number of pyridine rings is 1. The van der Waals surface area contributed by atoms with Crippen LogP contribution in [-0.2, 0) is 15.7 Å². The Kier molecular flexibility index (Phi) is 6.64. The third-order valence-corrected chi connectivity index (χ3v) is 6.39. The van der Waals surface area contributed by atoms with Crippen molar-refractivity contribution in [2.75, 3.05) is 29.2 Å². The second-order valence-electron chi connectivity index (χ2n) is 9.16. The summed E-state index contributed by atoms with van der Waals surface area (Å²) in [5, 5.41) is 16.6. The number of carbonyl (C=O) groups is 1. The molecule has 0 spiro atoms. The predicted octanol–water partition coefficient (Wildman–Crippen LogP) is 4.58. The molecule has 3 N–H and O–H groups in total. The number of para-hydroxylation sites is 1. The van der Waals surface area contributed by atoms with Gasteiger partial charge in [0, 0.05) is 23.9 Å². The van der Waals surface area contributed by atoms with Gasteiger partial charge in [-0.1, -0.05) is 53.6 Å². The number of aliphatic imine (C=N–C) groups is 1. The van der Waals surface area contributed by atoms with E-state index in [9.17, 15) is 18.0 Å². The fourth-order valence-corrected chi connectivity index (χ4v) is 4.44. The fourth-order valence-electron chi connectivity index (χ4n) is 4.44. The molecule has 0 radical (unpaired) electrons. The van der Waals surface area contributed by atoms with E-state index < -0.39 is 23.8 Å². The molecule has 2 aliphatic rings. The molecule has 2 aliphatic heterocycles. The minimum Gasteiger partial charge on any atom is -0.402 e. The van der Waals surface area contributed by atoms with Gasteiger partial charge in [0.1, 0.15) is 0 Å². The number of carbonyl (C=O) groups excluding carboxylic acids is 1. The predicted molar refractivity (Wildman–Crippen MR) is 140 cm³/mol. The Morgan fingerprint density at radius 2 is 1.80 bits per heavy atom. The van der Waals surface area contributed by atoms with Crippen LogP contribution in [-0.4, -0.2) is 52.2 Å². The van der Waals surface area contributed by atoms with Gasteiger partial charge in [-0.3, -0.25) is 4.79 Å². The van der Waals surface area contributed by atoms with Crippen molar-refractivity contribution < 1.29 is 27.1 Å². The summed E-state index contributed by atoms with van der Waals surface area (Å²) in [7, 11) is 0. The number of halogens is 3. The Bertz CT molecular complexity index is 1570. The standard InChI is InChI=1S/C27H22F3N7O3/c28-27(29,30)16-12-20(32-17-10-11-39-14-17)22(31-13-16)25-36-37-26(40-25)35-23-24(38)33-19-9-5-4-8-18(19)21(34-23)15-6-2-1-3-7-15/h1-9,12-13,17,23,32H,10-11,14H2,(H,33,38)(H,35,37)/t17-,23+/m0/s1. The number of fused-ring (bicyclic) bond motifs is 1. The van der Waals surface area contributed by atoms with Crippen LogP contribution in [0.25, 0.3) is 11.6 Å². The fraction of sp³-hybridized carbons (Fsp3) is 0.222. The number of amides is 1. The number of benzodiazepines with no additional fused rings is 1. The van der Waals surface area contributed by atoms with Gasteiger partial charge in [-0.2, -0.15) is 13.2 Å². The van der Waals surface area contributed by atoms with Gasteiger partial charge in [0.15, 0.2) is 5.69 Å². The van der Waals surface area contributed by atoms with Crippen molar-refractivity contribution in [1.82, 2.24) is 15.2 Å². The first-order valence-corrected chi connectivity index (χ1v) is 12.4. The van der Waals surface area contributed by atoms with Crippen molar-refractivity contribution >= 4 is 29.0 Å². The Balaban J connectivity index is 1.32. The number of rotatable bonds is 6. The smallest absolute Gasteiger partial charge is 0.402 e. The monoisotopic (exact) mass is 549 g/mol. The molecule has 0 saturated carbocycles. The summed E-state index contributed by atoms with van der Waals surface area (Å²) >= 11 is 0. The van der Waals surface area contributed by atoms with Crippen LogP contribution in [0.4, 0.5) is 30.6 Å². The van der Waals surface area contributed by atoms with Gasteiger partial charge in [-0.25, -0.2) is 9.98 Å². The average Bonchev–Trinajstić information content (AvgIpc) is 3.61. The lowest BCUT2D eigenvalue weighted by molar-refractivity contribution is -0.137.